The van der Waals surface area contributed by atoms with Crippen molar-refractivity contribution >= 4 is 18.1 Å². The number of aryl methyl sites for hydroxylation is 2. The average molecular weight is 237 g/mol. The third-order valence-electron chi connectivity index (χ3n) is 3.07. The molecule has 16 heavy (non-hydrogen) atoms. The van der Waals surface area contributed by atoms with Gasteiger partial charge in [0.25, 0.3) is 5.56 Å². The minimum absolute atomic E-state index is 0. The molecular formula is C12H13ClN2O. The third kappa shape index (κ3) is 1.43. The van der Waals surface area contributed by atoms with Gasteiger partial charge in [0.05, 0.1) is 5.69 Å². The Morgan fingerprint density at radius 1 is 1.38 bits per heavy atom. The molecule has 0 unspecified atom stereocenters. The van der Waals surface area contributed by atoms with Crippen LogP contribution in [0.2, 0.25) is 0 Å². The molecule has 3 nitrogen and oxygen atoms in total. The molecular weight excluding hydrogens is 224 g/mol. The van der Waals surface area contributed by atoms with Crippen LogP contribution >= 0.6 is 12.4 Å². The van der Waals surface area contributed by atoms with Crippen LogP contribution in [0.25, 0.3) is 5.65 Å². The summed E-state index contributed by atoms with van der Waals surface area (Å²) in [7, 11) is 0. The van der Waals surface area contributed by atoms with Crippen LogP contribution in [0.3, 0.4) is 0 Å². The van der Waals surface area contributed by atoms with Crippen molar-refractivity contribution in [2.45, 2.75) is 26.2 Å². The predicted octanol–water partition coefficient (Wildman–Crippen LogP) is 1.91. The van der Waals surface area contributed by atoms with Crippen LogP contribution in [0.4, 0.5) is 0 Å². The highest BCUT2D eigenvalue weighted by molar-refractivity contribution is 5.85. The Labute approximate surface area is 99.5 Å². The van der Waals surface area contributed by atoms with E-state index in [-0.39, 0.29) is 18.0 Å². The van der Waals surface area contributed by atoms with E-state index in [2.05, 4.69) is 4.98 Å². The van der Waals surface area contributed by atoms with Crippen LogP contribution < -0.4 is 5.56 Å². The van der Waals surface area contributed by atoms with E-state index in [0.717, 1.165) is 41.7 Å². The standard InChI is InChI=1S/C12H12N2O.ClH/c1-8-4-3-7-14-11(8)13-10-6-2-5-9(10)12(14)15;/h3-4,7H,2,5-6H2,1H3;1H. The van der Waals surface area contributed by atoms with Gasteiger partial charge in [-0.3, -0.25) is 9.20 Å². The zero-order valence-electron chi connectivity index (χ0n) is 9.06. The number of rotatable bonds is 0. The molecule has 84 valence electrons. The van der Waals surface area contributed by atoms with Crippen molar-refractivity contribution in [1.82, 2.24) is 9.38 Å². The highest BCUT2D eigenvalue weighted by atomic mass is 35.5. The second-order valence-corrected chi connectivity index (χ2v) is 4.08. The highest BCUT2D eigenvalue weighted by Crippen LogP contribution is 2.17. The summed E-state index contributed by atoms with van der Waals surface area (Å²) in [6.45, 7) is 1.99. The summed E-state index contributed by atoms with van der Waals surface area (Å²) in [5, 5.41) is 0. The van der Waals surface area contributed by atoms with Crippen molar-refractivity contribution in [1.29, 1.82) is 0 Å². The Balaban J connectivity index is 0.000000963. The van der Waals surface area contributed by atoms with Gasteiger partial charge < -0.3 is 0 Å². The van der Waals surface area contributed by atoms with Crippen molar-refractivity contribution < 1.29 is 0 Å². The van der Waals surface area contributed by atoms with E-state index in [1.54, 1.807) is 10.6 Å². The lowest BCUT2D eigenvalue weighted by Gasteiger charge is -2.05. The molecule has 0 saturated carbocycles. The summed E-state index contributed by atoms with van der Waals surface area (Å²) in [5.41, 5.74) is 3.91. The second kappa shape index (κ2) is 3.91. The lowest BCUT2D eigenvalue weighted by Crippen LogP contribution is -2.20. The van der Waals surface area contributed by atoms with E-state index in [9.17, 15) is 4.79 Å². The molecule has 0 fully saturated rings. The van der Waals surface area contributed by atoms with Gasteiger partial charge >= 0.3 is 0 Å². The van der Waals surface area contributed by atoms with E-state index in [1.807, 2.05) is 19.1 Å². The molecule has 3 rings (SSSR count). The third-order valence-corrected chi connectivity index (χ3v) is 3.07. The SMILES string of the molecule is Cc1cccn2c(=O)c3c(nc12)CCC3.Cl. The van der Waals surface area contributed by atoms with E-state index < -0.39 is 0 Å². The number of pyridine rings is 1. The molecule has 0 N–H and O–H groups in total. The Hall–Kier alpha value is -1.35. The summed E-state index contributed by atoms with van der Waals surface area (Å²) in [6, 6.07) is 3.88. The van der Waals surface area contributed by atoms with Gasteiger partial charge in [-0.1, -0.05) is 6.07 Å². The Morgan fingerprint density at radius 2 is 2.19 bits per heavy atom. The van der Waals surface area contributed by atoms with E-state index in [4.69, 9.17) is 0 Å². The molecule has 2 aromatic heterocycles. The minimum atomic E-state index is 0. The lowest BCUT2D eigenvalue weighted by molar-refractivity contribution is 0.899. The quantitative estimate of drug-likeness (QED) is 0.700. The van der Waals surface area contributed by atoms with Gasteiger partial charge in [0.15, 0.2) is 0 Å². The van der Waals surface area contributed by atoms with Crippen LogP contribution in [0.15, 0.2) is 23.1 Å². The number of halogens is 1. The van der Waals surface area contributed by atoms with Crippen molar-refractivity contribution in [3.05, 3.63) is 45.5 Å². The van der Waals surface area contributed by atoms with Crippen molar-refractivity contribution in [2.75, 3.05) is 0 Å². The molecule has 0 radical (unpaired) electrons. The van der Waals surface area contributed by atoms with Gasteiger partial charge in [0, 0.05) is 11.8 Å². The molecule has 2 aromatic rings. The molecule has 2 heterocycles. The Bertz CT molecular complexity index is 604. The first-order chi connectivity index (χ1) is 7.27. The summed E-state index contributed by atoms with van der Waals surface area (Å²) in [4.78, 5) is 16.7. The van der Waals surface area contributed by atoms with Crippen LogP contribution in [0.5, 0.6) is 0 Å². The first kappa shape index (κ1) is 11.1. The number of fused-ring (bicyclic) bond motifs is 2. The smallest absolute Gasteiger partial charge is 0.261 e. The number of nitrogens with zero attached hydrogens (tertiary/aromatic N) is 2. The second-order valence-electron chi connectivity index (χ2n) is 4.08. The average Bonchev–Trinajstić information content (AvgIpc) is 2.68. The molecule has 0 atom stereocenters. The summed E-state index contributed by atoms with van der Waals surface area (Å²) < 4.78 is 1.67. The van der Waals surface area contributed by atoms with Gasteiger partial charge in [-0.15, -0.1) is 12.4 Å². The van der Waals surface area contributed by atoms with E-state index in [1.165, 1.54) is 0 Å². The topological polar surface area (TPSA) is 34.4 Å². The molecule has 4 heteroatoms. The molecule has 0 bridgehead atoms. The fraction of sp³-hybridized carbons (Fsp3) is 0.333. The maximum Gasteiger partial charge on any atom is 0.261 e. The van der Waals surface area contributed by atoms with E-state index in [0.29, 0.717) is 0 Å². The normalized spacial score (nSPS) is 13.6. The van der Waals surface area contributed by atoms with Crippen LogP contribution in [0.1, 0.15) is 23.2 Å². The number of hydrogen-bond acceptors (Lipinski definition) is 2. The van der Waals surface area contributed by atoms with Gasteiger partial charge in [-0.05, 0) is 37.8 Å². The zero-order valence-corrected chi connectivity index (χ0v) is 9.88. The Morgan fingerprint density at radius 3 is 3.00 bits per heavy atom. The van der Waals surface area contributed by atoms with Crippen molar-refractivity contribution in [2.24, 2.45) is 0 Å². The van der Waals surface area contributed by atoms with Gasteiger partial charge in [0.1, 0.15) is 5.65 Å². The molecule has 1 aliphatic carbocycles. The highest BCUT2D eigenvalue weighted by Gasteiger charge is 2.18. The van der Waals surface area contributed by atoms with E-state index >= 15 is 0 Å². The summed E-state index contributed by atoms with van der Waals surface area (Å²) >= 11 is 0. The maximum atomic E-state index is 12.1. The lowest BCUT2D eigenvalue weighted by atomic mass is 10.2. The number of hydrogen-bond donors (Lipinski definition) is 0. The van der Waals surface area contributed by atoms with Crippen LogP contribution in [-0.2, 0) is 12.8 Å². The molecule has 0 spiro atoms. The van der Waals surface area contributed by atoms with Crippen LogP contribution in [-0.4, -0.2) is 9.38 Å². The van der Waals surface area contributed by atoms with Crippen molar-refractivity contribution in [3.63, 3.8) is 0 Å². The minimum Gasteiger partial charge on any atom is -0.269 e. The van der Waals surface area contributed by atoms with Crippen molar-refractivity contribution in [3.8, 4) is 0 Å². The van der Waals surface area contributed by atoms with Gasteiger partial charge in [0.2, 0.25) is 0 Å². The molecule has 1 aliphatic rings. The number of aromatic nitrogens is 2. The maximum absolute atomic E-state index is 12.1. The summed E-state index contributed by atoms with van der Waals surface area (Å²) in [5.74, 6) is 0. The largest absolute Gasteiger partial charge is 0.269 e. The molecule has 0 aliphatic heterocycles. The molecule has 0 saturated heterocycles. The first-order valence-corrected chi connectivity index (χ1v) is 5.27. The van der Waals surface area contributed by atoms with Gasteiger partial charge in [-0.2, -0.15) is 0 Å². The predicted molar refractivity (Wildman–Crippen MR) is 65.5 cm³/mol. The fourth-order valence-electron chi connectivity index (χ4n) is 2.27. The molecule has 0 aromatic carbocycles. The Kier molecular flexibility index (Phi) is 2.72. The first-order valence-electron chi connectivity index (χ1n) is 5.27. The fourth-order valence-corrected chi connectivity index (χ4v) is 2.27. The monoisotopic (exact) mass is 236 g/mol. The molecule has 0 amide bonds. The van der Waals surface area contributed by atoms with Crippen LogP contribution in [0, 0.1) is 6.92 Å². The van der Waals surface area contributed by atoms with Gasteiger partial charge in [-0.25, -0.2) is 4.98 Å². The summed E-state index contributed by atoms with van der Waals surface area (Å²) in [6.07, 6.45) is 4.71. The zero-order chi connectivity index (χ0) is 10.4.